The molecule has 0 radical (unpaired) electrons. The highest BCUT2D eigenvalue weighted by Crippen LogP contribution is 2.33. The van der Waals surface area contributed by atoms with Gasteiger partial charge in [-0.1, -0.05) is 24.6 Å². The standard InChI is InChI=1S/C21H29N3/c1-2-8-19-17(7-1)18-10-13-23(15-20(18)22-19)14-16-6-5-12-24-11-4-3-9-21(16)24/h1-2,7-8,16,21-22H,3-6,9-15H2/t16-,21+/m0/s1. The SMILES string of the molecule is c1ccc2c3c([nH]c2c1)CN(C[C@@H]1CCCN2CCCC[C@H]12)CC3. The predicted octanol–water partition coefficient (Wildman–Crippen LogP) is 3.79. The van der Waals surface area contributed by atoms with E-state index in [1.165, 1.54) is 81.3 Å². The van der Waals surface area contributed by atoms with Crippen molar-refractivity contribution >= 4 is 10.9 Å². The molecule has 0 bridgehead atoms. The maximum Gasteiger partial charge on any atom is 0.0459 e. The van der Waals surface area contributed by atoms with E-state index in [2.05, 4.69) is 39.0 Å². The molecule has 128 valence electrons. The van der Waals surface area contributed by atoms with Gasteiger partial charge in [-0.3, -0.25) is 4.90 Å². The summed E-state index contributed by atoms with van der Waals surface area (Å²) >= 11 is 0. The predicted molar refractivity (Wildman–Crippen MR) is 99.2 cm³/mol. The van der Waals surface area contributed by atoms with Crippen LogP contribution in [0, 0.1) is 5.92 Å². The maximum atomic E-state index is 3.69. The molecule has 24 heavy (non-hydrogen) atoms. The summed E-state index contributed by atoms with van der Waals surface area (Å²) < 4.78 is 0. The van der Waals surface area contributed by atoms with Crippen molar-refractivity contribution in [3.8, 4) is 0 Å². The summed E-state index contributed by atoms with van der Waals surface area (Å²) in [7, 11) is 0. The van der Waals surface area contributed by atoms with Crippen LogP contribution < -0.4 is 0 Å². The molecule has 3 aliphatic rings. The fourth-order valence-corrected chi connectivity index (χ4v) is 5.53. The number of hydrogen-bond acceptors (Lipinski definition) is 2. The van der Waals surface area contributed by atoms with Gasteiger partial charge in [-0.05, 0) is 62.7 Å². The Hall–Kier alpha value is -1.32. The van der Waals surface area contributed by atoms with Crippen molar-refractivity contribution in [2.24, 2.45) is 5.92 Å². The largest absolute Gasteiger partial charge is 0.357 e. The van der Waals surface area contributed by atoms with Gasteiger partial charge in [0.2, 0.25) is 0 Å². The van der Waals surface area contributed by atoms with Crippen LogP contribution in [0.4, 0.5) is 0 Å². The number of piperidine rings is 2. The zero-order valence-corrected chi connectivity index (χ0v) is 14.6. The van der Waals surface area contributed by atoms with Gasteiger partial charge in [0.05, 0.1) is 0 Å². The van der Waals surface area contributed by atoms with Crippen LogP contribution in [0.1, 0.15) is 43.4 Å². The number of fused-ring (bicyclic) bond motifs is 4. The van der Waals surface area contributed by atoms with E-state index in [4.69, 9.17) is 0 Å². The first-order chi connectivity index (χ1) is 11.9. The molecule has 1 aromatic heterocycles. The molecule has 0 amide bonds. The van der Waals surface area contributed by atoms with Gasteiger partial charge in [-0.25, -0.2) is 0 Å². The van der Waals surface area contributed by atoms with Crippen LogP contribution in [0.15, 0.2) is 24.3 Å². The molecular weight excluding hydrogens is 294 g/mol. The van der Waals surface area contributed by atoms with E-state index in [1.807, 2.05) is 0 Å². The van der Waals surface area contributed by atoms with E-state index in [0.29, 0.717) is 0 Å². The average molecular weight is 323 g/mol. The fourth-order valence-electron chi connectivity index (χ4n) is 5.53. The van der Waals surface area contributed by atoms with Gasteiger partial charge >= 0.3 is 0 Å². The highest BCUT2D eigenvalue weighted by molar-refractivity contribution is 5.84. The topological polar surface area (TPSA) is 22.3 Å². The van der Waals surface area contributed by atoms with Gasteiger partial charge < -0.3 is 9.88 Å². The zero-order chi connectivity index (χ0) is 15.9. The van der Waals surface area contributed by atoms with E-state index in [-0.39, 0.29) is 0 Å². The summed E-state index contributed by atoms with van der Waals surface area (Å²) in [5.41, 5.74) is 4.36. The van der Waals surface area contributed by atoms with Crippen LogP contribution >= 0.6 is 0 Å². The highest BCUT2D eigenvalue weighted by Gasteiger charge is 2.34. The molecule has 5 rings (SSSR count). The average Bonchev–Trinajstić information content (AvgIpc) is 3.00. The molecule has 2 aromatic rings. The zero-order valence-electron chi connectivity index (χ0n) is 14.6. The minimum Gasteiger partial charge on any atom is -0.357 e. The van der Waals surface area contributed by atoms with Crippen LogP contribution in [-0.4, -0.2) is 47.0 Å². The second-order valence-electron chi connectivity index (χ2n) is 8.11. The Labute approximate surface area is 145 Å². The molecule has 4 heterocycles. The van der Waals surface area contributed by atoms with E-state index in [0.717, 1.165) is 18.5 Å². The molecule has 0 saturated carbocycles. The first-order valence-electron chi connectivity index (χ1n) is 9.93. The normalized spacial score (nSPS) is 28.7. The van der Waals surface area contributed by atoms with Crippen molar-refractivity contribution in [3.63, 3.8) is 0 Å². The van der Waals surface area contributed by atoms with Crippen molar-refractivity contribution in [3.05, 3.63) is 35.5 Å². The number of nitrogens with zero attached hydrogens (tertiary/aromatic N) is 2. The smallest absolute Gasteiger partial charge is 0.0459 e. The second-order valence-corrected chi connectivity index (χ2v) is 8.11. The molecule has 0 unspecified atom stereocenters. The molecule has 2 fully saturated rings. The van der Waals surface area contributed by atoms with Crippen molar-refractivity contribution < 1.29 is 0 Å². The minimum atomic E-state index is 0.872. The Balaban J connectivity index is 1.32. The Morgan fingerprint density at radius 3 is 2.92 bits per heavy atom. The molecule has 1 N–H and O–H groups in total. The summed E-state index contributed by atoms with van der Waals surface area (Å²) in [6.07, 6.45) is 8.37. The molecule has 3 aliphatic heterocycles. The lowest BCUT2D eigenvalue weighted by atomic mass is 9.83. The van der Waals surface area contributed by atoms with Gasteiger partial charge in [0, 0.05) is 42.3 Å². The molecule has 1 aromatic carbocycles. The van der Waals surface area contributed by atoms with Crippen LogP contribution in [-0.2, 0) is 13.0 Å². The lowest BCUT2D eigenvalue weighted by Gasteiger charge is -2.46. The highest BCUT2D eigenvalue weighted by atomic mass is 15.2. The number of H-pyrrole nitrogens is 1. The van der Waals surface area contributed by atoms with Gasteiger partial charge in [0.1, 0.15) is 0 Å². The van der Waals surface area contributed by atoms with Crippen LogP contribution in [0.5, 0.6) is 0 Å². The van der Waals surface area contributed by atoms with E-state index >= 15 is 0 Å². The first-order valence-corrected chi connectivity index (χ1v) is 9.93. The molecule has 3 heteroatoms. The number of rotatable bonds is 2. The van der Waals surface area contributed by atoms with Gasteiger partial charge in [-0.15, -0.1) is 0 Å². The summed E-state index contributed by atoms with van der Waals surface area (Å²) in [4.78, 5) is 9.21. The number of aromatic nitrogens is 1. The third-order valence-corrected chi connectivity index (χ3v) is 6.68. The Morgan fingerprint density at radius 2 is 1.92 bits per heavy atom. The fraction of sp³-hybridized carbons (Fsp3) is 0.619. The van der Waals surface area contributed by atoms with E-state index in [9.17, 15) is 0 Å². The lowest BCUT2D eigenvalue weighted by molar-refractivity contribution is 0.0378. The maximum absolute atomic E-state index is 3.69. The molecule has 2 saturated heterocycles. The summed E-state index contributed by atoms with van der Waals surface area (Å²) in [6.45, 7) is 6.36. The van der Waals surface area contributed by atoms with Crippen molar-refractivity contribution in [2.75, 3.05) is 26.2 Å². The monoisotopic (exact) mass is 323 g/mol. The number of hydrogen-bond donors (Lipinski definition) is 1. The Morgan fingerprint density at radius 1 is 1.00 bits per heavy atom. The molecule has 0 spiro atoms. The molecular formula is C21H29N3. The van der Waals surface area contributed by atoms with E-state index in [1.54, 1.807) is 5.56 Å². The number of para-hydroxylation sites is 1. The van der Waals surface area contributed by atoms with E-state index < -0.39 is 0 Å². The second kappa shape index (κ2) is 6.20. The molecule has 0 aliphatic carbocycles. The minimum absolute atomic E-state index is 0.872. The first kappa shape index (κ1) is 15.0. The van der Waals surface area contributed by atoms with Gasteiger partial charge in [0.15, 0.2) is 0 Å². The van der Waals surface area contributed by atoms with Crippen molar-refractivity contribution in [1.82, 2.24) is 14.8 Å². The summed E-state index contributed by atoms with van der Waals surface area (Å²) in [5.74, 6) is 0.893. The molecule has 2 atom stereocenters. The quantitative estimate of drug-likeness (QED) is 0.908. The number of nitrogens with one attached hydrogen (secondary N) is 1. The number of aromatic amines is 1. The number of benzene rings is 1. The summed E-state index contributed by atoms with van der Waals surface area (Å²) in [5, 5.41) is 1.45. The van der Waals surface area contributed by atoms with Crippen molar-refractivity contribution in [1.29, 1.82) is 0 Å². The Bertz CT molecular complexity index is 717. The third-order valence-electron chi connectivity index (χ3n) is 6.68. The summed E-state index contributed by atoms with van der Waals surface area (Å²) in [6, 6.07) is 9.68. The van der Waals surface area contributed by atoms with Gasteiger partial charge in [0.25, 0.3) is 0 Å². The van der Waals surface area contributed by atoms with Crippen LogP contribution in [0.3, 0.4) is 0 Å². The van der Waals surface area contributed by atoms with Crippen LogP contribution in [0.25, 0.3) is 10.9 Å². The van der Waals surface area contributed by atoms with Crippen LogP contribution in [0.2, 0.25) is 0 Å². The third kappa shape index (κ3) is 2.58. The lowest BCUT2D eigenvalue weighted by Crippen LogP contribution is -2.51. The Kier molecular flexibility index (Phi) is 3.87. The van der Waals surface area contributed by atoms with Crippen molar-refractivity contribution in [2.45, 2.75) is 51.1 Å². The van der Waals surface area contributed by atoms with Gasteiger partial charge in [-0.2, -0.15) is 0 Å². The molecule has 3 nitrogen and oxygen atoms in total.